The molecule has 0 atom stereocenters. The molecule has 2 aliphatic rings. The van der Waals surface area contributed by atoms with Crippen molar-refractivity contribution in [2.75, 3.05) is 31.1 Å². The van der Waals surface area contributed by atoms with Gasteiger partial charge in [-0.05, 0) is 50.9 Å². The van der Waals surface area contributed by atoms with Crippen molar-refractivity contribution in [2.24, 2.45) is 0 Å². The van der Waals surface area contributed by atoms with Crippen molar-refractivity contribution in [1.29, 1.82) is 5.26 Å². The van der Waals surface area contributed by atoms with Gasteiger partial charge in [-0.2, -0.15) is 18.4 Å². The molecular weight excluding hydrogens is 317 g/mol. The molecule has 3 heterocycles. The van der Waals surface area contributed by atoms with E-state index >= 15 is 0 Å². The lowest BCUT2D eigenvalue weighted by molar-refractivity contribution is -0.141. The van der Waals surface area contributed by atoms with Gasteiger partial charge in [-0.3, -0.25) is 0 Å². The summed E-state index contributed by atoms with van der Waals surface area (Å²) in [5.41, 5.74) is -0.728. The summed E-state index contributed by atoms with van der Waals surface area (Å²) in [7, 11) is 0. The van der Waals surface area contributed by atoms with Crippen molar-refractivity contribution in [2.45, 2.75) is 44.3 Å². The predicted molar refractivity (Wildman–Crippen MR) is 84.6 cm³/mol. The summed E-state index contributed by atoms with van der Waals surface area (Å²) >= 11 is 0. The van der Waals surface area contributed by atoms with Crippen molar-refractivity contribution >= 4 is 5.82 Å². The zero-order valence-electron chi connectivity index (χ0n) is 13.5. The summed E-state index contributed by atoms with van der Waals surface area (Å²) in [5, 5.41) is 9.19. The monoisotopic (exact) mass is 338 g/mol. The van der Waals surface area contributed by atoms with E-state index in [0.29, 0.717) is 19.1 Å². The molecule has 2 saturated heterocycles. The second-order valence-corrected chi connectivity index (χ2v) is 6.49. The van der Waals surface area contributed by atoms with E-state index < -0.39 is 11.9 Å². The summed E-state index contributed by atoms with van der Waals surface area (Å²) in [6.07, 6.45) is 1.07. The number of pyridine rings is 1. The number of alkyl halides is 3. The zero-order valence-corrected chi connectivity index (χ0v) is 13.5. The average molecular weight is 338 g/mol. The van der Waals surface area contributed by atoms with E-state index in [0.717, 1.165) is 32.0 Å². The lowest BCUT2D eigenvalue weighted by atomic mass is 9.99. The summed E-state index contributed by atoms with van der Waals surface area (Å²) in [5.74, 6) is 0.171. The first-order valence-corrected chi connectivity index (χ1v) is 8.46. The van der Waals surface area contributed by atoms with Crippen LogP contribution in [0.15, 0.2) is 12.1 Å². The van der Waals surface area contributed by atoms with Gasteiger partial charge in [0.15, 0.2) is 0 Å². The van der Waals surface area contributed by atoms with Gasteiger partial charge < -0.3 is 9.80 Å². The van der Waals surface area contributed by atoms with Gasteiger partial charge in [0, 0.05) is 19.1 Å². The first-order chi connectivity index (χ1) is 11.5. The Balaban J connectivity index is 1.72. The first-order valence-electron chi connectivity index (χ1n) is 8.46. The molecule has 0 saturated carbocycles. The molecule has 0 spiro atoms. The van der Waals surface area contributed by atoms with Crippen LogP contribution >= 0.6 is 0 Å². The number of piperidine rings is 2. The van der Waals surface area contributed by atoms with E-state index in [4.69, 9.17) is 0 Å². The second-order valence-electron chi connectivity index (χ2n) is 6.49. The largest absolute Gasteiger partial charge is 0.433 e. The van der Waals surface area contributed by atoms with Crippen LogP contribution in [0.4, 0.5) is 19.0 Å². The van der Waals surface area contributed by atoms with E-state index in [1.165, 1.54) is 25.3 Å². The Morgan fingerprint density at radius 2 is 1.71 bits per heavy atom. The molecule has 0 N–H and O–H groups in total. The van der Waals surface area contributed by atoms with Gasteiger partial charge in [0.25, 0.3) is 0 Å². The minimum absolute atomic E-state index is 0.171. The molecule has 0 aromatic carbocycles. The van der Waals surface area contributed by atoms with Crippen LogP contribution in [0, 0.1) is 11.3 Å². The Bertz CT molecular complexity index is 609. The molecule has 130 valence electrons. The fourth-order valence-corrected chi connectivity index (χ4v) is 3.66. The van der Waals surface area contributed by atoms with E-state index in [1.54, 1.807) is 0 Å². The van der Waals surface area contributed by atoms with Crippen LogP contribution in [0.1, 0.15) is 43.4 Å². The Morgan fingerprint density at radius 3 is 2.29 bits per heavy atom. The molecule has 0 bridgehead atoms. The maximum Gasteiger partial charge on any atom is 0.433 e. The highest BCUT2D eigenvalue weighted by Gasteiger charge is 2.34. The molecule has 2 fully saturated rings. The molecule has 4 nitrogen and oxygen atoms in total. The van der Waals surface area contributed by atoms with Gasteiger partial charge in [-0.25, -0.2) is 4.98 Å². The Morgan fingerprint density at radius 1 is 1.04 bits per heavy atom. The molecular formula is C17H21F3N4. The topological polar surface area (TPSA) is 43.2 Å². The average Bonchev–Trinajstić information content (AvgIpc) is 2.61. The molecule has 0 radical (unpaired) electrons. The SMILES string of the molecule is N#Cc1ccc(C(F)(F)F)nc1N1CCC(N2CCCCC2)CC1. The van der Waals surface area contributed by atoms with E-state index in [9.17, 15) is 18.4 Å². The summed E-state index contributed by atoms with van der Waals surface area (Å²) in [4.78, 5) is 8.07. The molecule has 0 aliphatic carbocycles. The maximum atomic E-state index is 12.9. The quantitative estimate of drug-likeness (QED) is 0.829. The fraction of sp³-hybridized carbons (Fsp3) is 0.647. The minimum Gasteiger partial charge on any atom is -0.355 e. The van der Waals surface area contributed by atoms with Crippen molar-refractivity contribution in [3.05, 3.63) is 23.4 Å². The summed E-state index contributed by atoms with van der Waals surface area (Å²) < 4.78 is 38.7. The third-order valence-electron chi connectivity index (χ3n) is 4.96. The number of aromatic nitrogens is 1. The van der Waals surface area contributed by atoms with Crippen LogP contribution < -0.4 is 4.90 Å². The molecule has 3 rings (SSSR count). The summed E-state index contributed by atoms with van der Waals surface area (Å²) in [6.45, 7) is 3.53. The van der Waals surface area contributed by atoms with Gasteiger partial charge in [0.1, 0.15) is 17.6 Å². The molecule has 2 aliphatic heterocycles. The number of likely N-dealkylation sites (tertiary alicyclic amines) is 1. The highest BCUT2D eigenvalue weighted by molar-refractivity contribution is 5.54. The maximum absolute atomic E-state index is 12.9. The van der Waals surface area contributed by atoms with Crippen molar-refractivity contribution in [3.63, 3.8) is 0 Å². The molecule has 24 heavy (non-hydrogen) atoms. The van der Waals surface area contributed by atoms with Crippen LogP contribution in [0.2, 0.25) is 0 Å². The molecule has 0 amide bonds. The van der Waals surface area contributed by atoms with Gasteiger partial charge >= 0.3 is 6.18 Å². The van der Waals surface area contributed by atoms with Crippen LogP contribution in [-0.4, -0.2) is 42.1 Å². The standard InChI is InChI=1S/C17H21F3N4/c18-17(19,20)15-5-4-13(12-21)16(22-15)24-10-6-14(7-11-24)23-8-2-1-3-9-23/h4-5,14H,1-3,6-11H2. The number of anilines is 1. The Kier molecular flexibility index (Phi) is 4.95. The number of halogens is 3. The van der Waals surface area contributed by atoms with Crippen LogP contribution in [0.3, 0.4) is 0 Å². The van der Waals surface area contributed by atoms with Crippen molar-refractivity contribution in [3.8, 4) is 6.07 Å². The van der Waals surface area contributed by atoms with Gasteiger partial charge in [-0.1, -0.05) is 6.42 Å². The minimum atomic E-state index is -4.49. The van der Waals surface area contributed by atoms with Crippen LogP contribution in [-0.2, 0) is 6.18 Å². The third-order valence-corrected chi connectivity index (χ3v) is 4.96. The lowest BCUT2D eigenvalue weighted by Crippen LogP contribution is -2.47. The number of nitrogens with zero attached hydrogens (tertiary/aromatic N) is 4. The smallest absolute Gasteiger partial charge is 0.355 e. The zero-order chi connectivity index (χ0) is 17.2. The van der Waals surface area contributed by atoms with Gasteiger partial charge in [-0.15, -0.1) is 0 Å². The fourth-order valence-electron chi connectivity index (χ4n) is 3.66. The first kappa shape index (κ1) is 17.0. The lowest BCUT2D eigenvalue weighted by Gasteiger charge is -2.40. The molecule has 1 aromatic heterocycles. The number of nitriles is 1. The van der Waals surface area contributed by atoms with Crippen molar-refractivity contribution < 1.29 is 13.2 Å². The Hall–Kier alpha value is -1.81. The molecule has 0 unspecified atom stereocenters. The normalized spacial score (nSPS) is 20.8. The Labute approximate surface area is 139 Å². The highest BCUT2D eigenvalue weighted by atomic mass is 19.4. The van der Waals surface area contributed by atoms with Crippen molar-refractivity contribution in [1.82, 2.24) is 9.88 Å². The summed E-state index contributed by atoms with van der Waals surface area (Å²) in [6, 6.07) is 4.56. The van der Waals surface area contributed by atoms with E-state index in [1.807, 2.05) is 11.0 Å². The second kappa shape index (κ2) is 6.98. The van der Waals surface area contributed by atoms with E-state index in [2.05, 4.69) is 9.88 Å². The van der Waals surface area contributed by atoms with Crippen LogP contribution in [0.25, 0.3) is 0 Å². The van der Waals surface area contributed by atoms with Gasteiger partial charge in [0.05, 0.1) is 5.56 Å². The highest BCUT2D eigenvalue weighted by Crippen LogP contribution is 2.32. The predicted octanol–water partition coefficient (Wildman–Crippen LogP) is 3.43. The third kappa shape index (κ3) is 3.64. The van der Waals surface area contributed by atoms with E-state index in [-0.39, 0.29) is 11.4 Å². The molecule has 1 aromatic rings. The number of hydrogen-bond donors (Lipinski definition) is 0. The molecule has 7 heteroatoms. The van der Waals surface area contributed by atoms with Gasteiger partial charge in [0.2, 0.25) is 0 Å². The number of rotatable bonds is 2. The number of hydrogen-bond acceptors (Lipinski definition) is 4. The van der Waals surface area contributed by atoms with Crippen LogP contribution in [0.5, 0.6) is 0 Å².